The van der Waals surface area contributed by atoms with E-state index in [0.717, 1.165) is 13.1 Å². The van der Waals surface area contributed by atoms with Gasteiger partial charge < -0.3 is 10.2 Å². The molecular formula is C17H21N3. The summed E-state index contributed by atoms with van der Waals surface area (Å²) in [5.74, 6) is 0.615. The van der Waals surface area contributed by atoms with Crippen molar-refractivity contribution in [1.29, 1.82) is 0 Å². The number of anilines is 1. The summed E-state index contributed by atoms with van der Waals surface area (Å²) in [6.07, 6.45) is 4.95. The minimum Gasteiger partial charge on any atom is -0.384 e. The first-order valence-corrected chi connectivity index (χ1v) is 7.17. The molecule has 2 aromatic rings. The molecular weight excluding hydrogens is 246 g/mol. The summed E-state index contributed by atoms with van der Waals surface area (Å²) in [4.78, 5) is 6.46. The molecule has 0 saturated carbocycles. The van der Waals surface area contributed by atoms with Gasteiger partial charge in [-0.05, 0) is 62.0 Å². The molecule has 0 spiro atoms. The van der Waals surface area contributed by atoms with Crippen molar-refractivity contribution >= 4 is 5.69 Å². The fourth-order valence-electron chi connectivity index (χ4n) is 2.79. The molecule has 0 fully saturated rings. The SMILES string of the molecule is CN(C)CCC1CNc2ccc(-c3cccnc3)cc21. The van der Waals surface area contributed by atoms with Crippen LogP contribution in [0.1, 0.15) is 17.9 Å². The van der Waals surface area contributed by atoms with Crippen LogP contribution >= 0.6 is 0 Å². The Morgan fingerprint density at radius 1 is 1.25 bits per heavy atom. The number of nitrogens with one attached hydrogen (secondary N) is 1. The molecule has 1 aromatic heterocycles. The number of rotatable bonds is 4. The predicted molar refractivity (Wildman–Crippen MR) is 84.1 cm³/mol. The molecule has 2 heterocycles. The van der Waals surface area contributed by atoms with Crippen LogP contribution in [-0.4, -0.2) is 37.1 Å². The summed E-state index contributed by atoms with van der Waals surface area (Å²) in [5, 5.41) is 3.52. The summed E-state index contributed by atoms with van der Waals surface area (Å²) < 4.78 is 0. The summed E-state index contributed by atoms with van der Waals surface area (Å²) >= 11 is 0. The van der Waals surface area contributed by atoms with Crippen molar-refractivity contribution in [1.82, 2.24) is 9.88 Å². The van der Waals surface area contributed by atoms with Gasteiger partial charge in [-0.3, -0.25) is 4.98 Å². The van der Waals surface area contributed by atoms with Crippen molar-refractivity contribution in [3.63, 3.8) is 0 Å². The first-order valence-electron chi connectivity index (χ1n) is 7.17. The Bertz CT molecular complexity index is 578. The lowest BCUT2D eigenvalue weighted by molar-refractivity contribution is 0.386. The minimum absolute atomic E-state index is 0.615. The van der Waals surface area contributed by atoms with Crippen LogP contribution < -0.4 is 5.32 Å². The number of aromatic nitrogens is 1. The molecule has 0 aliphatic carbocycles. The van der Waals surface area contributed by atoms with E-state index in [1.807, 2.05) is 18.5 Å². The molecule has 3 nitrogen and oxygen atoms in total. The van der Waals surface area contributed by atoms with Crippen LogP contribution in [0.2, 0.25) is 0 Å². The normalized spacial score (nSPS) is 17.1. The molecule has 1 aliphatic heterocycles. The Morgan fingerprint density at radius 2 is 2.15 bits per heavy atom. The van der Waals surface area contributed by atoms with E-state index in [1.165, 1.54) is 28.8 Å². The quantitative estimate of drug-likeness (QED) is 0.922. The van der Waals surface area contributed by atoms with Crippen molar-refractivity contribution in [2.24, 2.45) is 0 Å². The van der Waals surface area contributed by atoms with Gasteiger partial charge in [0.15, 0.2) is 0 Å². The number of fused-ring (bicyclic) bond motifs is 1. The molecule has 20 heavy (non-hydrogen) atoms. The summed E-state index contributed by atoms with van der Waals surface area (Å²) in [6, 6.07) is 10.8. The third-order valence-corrected chi connectivity index (χ3v) is 3.95. The molecule has 1 aromatic carbocycles. The largest absolute Gasteiger partial charge is 0.384 e. The first-order chi connectivity index (χ1) is 9.74. The number of nitrogens with zero attached hydrogens (tertiary/aromatic N) is 2. The van der Waals surface area contributed by atoms with Crippen molar-refractivity contribution in [2.75, 3.05) is 32.5 Å². The van der Waals surface area contributed by atoms with Crippen LogP contribution in [0.15, 0.2) is 42.7 Å². The molecule has 0 amide bonds. The van der Waals surface area contributed by atoms with E-state index in [-0.39, 0.29) is 0 Å². The minimum atomic E-state index is 0.615. The summed E-state index contributed by atoms with van der Waals surface area (Å²) in [6.45, 7) is 2.18. The zero-order chi connectivity index (χ0) is 13.9. The molecule has 1 unspecified atom stereocenters. The van der Waals surface area contributed by atoms with E-state index in [1.54, 1.807) is 0 Å². The van der Waals surface area contributed by atoms with Crippen molar-refractivity contribution in [3.8, 4) is 11.1 Å². The molecule has 3 heteroatoms. The van der Waals surface area contributed by atoms with Gasteiger partial charge in [0.25, 0.3) is 0 Å². The number of hydrogen-bond acceptors (Lipinski definition) is 3. The molecule has 1 atom stereocenters. The van der Waals surface area contributed by atoms with E-state index in [4.69, 9.17) is 0 Å². The highest BCUT2D eigenvalue weighted by Gasteiger charge is 2.22. The molecule has 3 rings (SSSR count). The van der Waals surface area contributed by atoms with Crippen molar-refractivity contribution in [3.05, 3.63) is 48.3 Å². The second-order valence-corrected chi connectivity index (χ2v) is 5.71. The molecule has 0 radical (unpaired) electrons. The maximum Gasteiger partial charge on any atom is 0.0376 e. The molecule has 104 valence electrons. The molecule has 0 bridgehead atoms. The molecule has 1 N–H and O–H groups in total. The van der Waals surface area contributed by atoms with Crippen LogP contribution in [0.5, 0.6) is 0 Å². The Kier molecular flexibility index (Phi) is 3.70. The Balaban J connectivity index is 1.86. The zero-order valence-electron chi connectivity index (χ0n) is 12.1. The highest BCUT2D eigenvalue weighted by molar-refractivity contribution is 5.70. The standard InChI is InChI=1S/C17H21N3/c1-20(2)9-7-15-12-19-17-6-5-13(10-16(15)17)14-4-3-8-18-11-14/h3-6,8,10-11,15,19H,7,9,12H2,1-2H3. The average Bonchev–Trinajstić information content (AvgIpc) is 2.88. The van der Waals surface area contributed by atoms with E-state index in [2.05, 4.69) is 53.6 Å². The van der Waals surface area contributed by atoms with Crippen molar-refractivity contribution in [2.45, 2.75) is 12.3 Å². The number of hydrogen-bond donors (Lipinski definition) is 1. The summed E-state index contributed by atoms with van der Waals surface area (Å²) in [5.41, 5.74) is 5.19. The van der Waals surface area contributed by atoms with Crippen LogP contribution in [0.4, 0.5) is 5.69 Å². The van der Waals surface area contributed by atoms with Gasteiger partial charge in [-0.15, -0.1) is 0 Å². The van der Waals surface area contributed by atoms with E-state index < -0.39 is 0 Å². The Morgan fingerprint density at radius 3 is 2.90 bits per heavy atom. The van der Waals surface area contributed by atoms with Crippen LogP contribution in [-0.2, 0) is 0 Å². The van der Waals surface area contributed by atoms with Gasteiger partial charge in [-0.2, -0.15) is 0 Å². The Hall–Kier alpha value is -1.87. The maximum atomic E-state index is 4.21. The third-order valence-electron chi connectivity index (χ3n) is 3.95. The van der Waals surface area contributed by atoms with E-state index >= 15 is 0 Å². The second kappa shape index (κ2) is 5.63. The number of pyridine rings is 1. The summed E-state index contributed by atoms with van der Waals surface area (Å²) in [7, 11) is 4.27. The van der Waals surface area contributed by atoms with Gasteiger partial charge in [0.2, 0.25) is 0 Å². The topological polar surface area (TPSA) is 28.2 Å². The van der Waals surface area contributed by atoms with E-state index in [0.29, 0.717) is 5.92 Å². The lowest BCUT2D eigenvalue weighted by Gasteiger charge is -2.15. The van der Waals surface area contributed by atoms with Gasteiger partial charge in [0.05, 0.1) is 0 Å². The molecule has 1 aliphatic rings. The van der Waals surface area contributed by atoms with Gasteiger partial charge >= 0.3 is 0 Å². The Labute approximate surface area is 120 Å². The average molecular weight is 267 g/mol. The lowest BCUT2D eigenvalue weighted by atomic mass is 9.94. The predicted octanol–water partition coefficient (Wildman–Crippen LogP) is 3.21. The third kappa shape index (κ3) is 2.68. The van der Waals surface area contributed by atoms with Crippen LogP contribution in [0, 0.1) is 0 Å². The lowest BCUT2D eigenvalue weighted by Crippen LogP contribution is -2.16. The smallest absolute Gasteiger partial charge is 0.0376 e. The number of benzene rings is 1. The van der Waals surface area contributed by atoms with Gasteiger partial charge in [0.1, 0.15) is 0 Å². The highest BCUT2D eigenvalue weighted by atomic mass is 15.0. The van der Waals surface area contributed by atoms with Gasteiger partial charge in [-0.25, -0.2) is 0 Å². The highest BCUT2D eigenvalue weighted by Crippen LogP contribution is 2.36. The zero-order valence-corrected chi connectivity index (χ0v) is 12.1. The van der Waals surface area contributed by atoms with Gasteiger partial charge in [-0.1, -0.05) is 12.1 Å². The monoisotopic (exact) mass is 267 g/mol. The van der Waals surface area contributed by atoms with Gasteiger partial charge in [0, 0.05) is 30.5 Å². The van der Waals surface area contributed by atoms with E-state index in [9.17, 15) is 0 Å². The second-order valence-electron chi connectivity index (χ2n) is 5.71. The van der Waals surface area contributed by atoms with Crippen LogP contribution in [0.3, 0.4) is 0 Å². The fraction of sp³-hybridized carbons (Fsp3) is 0.353. The first kappa shape index (κ1) is 13.1. The van der Waals surface area contributed by atoms with Crippen molar-refractivity contribution < 1.29 is 0 Å². The molecule has 0 saturated heterocycles. The fourth-order valence-corrected chi connectivity index (χ4v) is 2.79. The maximum absolute atomic E-state index is 4.21. The van der Waals surface area contributed by atoms with Crippen LogP contribution in [0.25, 0.3) is 11.1 Å².